The number of hydrogen-bond acceptors (Lipinski definition) is 18. The zero-order valence-corrected chi connectivity index (χ0v) is 45.3. The van der Waals surface area contributed by atoms with Crippen LogP contribution in [0.15, 0.2) is 48.6 Å². The molecule has 18 nitrogen and oxygen atoms in total. The molecule has 0 aliphatic carbocycles. The van der Waals surface area contributed by atoms with E-state index in [1.54, 1.807) is 58.9 Å². The number of allylic oxidation sites excluding steroid dienone is 4. The fourth-order valence-corrected chi connectivity index (χ4v) is 11.9. The number of methoxy groups -OCH3 is 1. The van der Waals surface area contributed by atoms with Crippen molar-refractivity contribution in [3.8, 4) is 0 Å². The lowest BCUT2D eigenvalue weighted by atomic mass is 9.76. The Labute approximate surface area is 433 Å². The van der Waals surface area contributed by atoms with Crippen molar-refractivity contribution in [2.45, 2.75) is 231 Å². The maximum Gasteiger partial charge on any atom is 0.331 e. The standard InChI is InChI=1S/C55H90O18/c1-14-38-34(9)72-54(64,26-42(38)68-46-24-40(56)50(62)36(11)66-46)32(7)48(60)30(5)52-28(3)20-16-18-23-45(59)71-53(29(4)21-17-19-22-44(58)70-52)31(6)49(61)33(8)55(65-13)27-43(39(15-2)35(10)73-55)69-47-25-41(57)51(63)37(12)67-47/h16-23,28-43,46-53,56-57,60-64H,14-15,24-27H2,1-13H3/b20-16+,21-17+,22-19+,23-18+/t28-,29-,30-,31+,32-,33-,34-,35+,36+,37-,38-,39+,40+,41-,42-,43+,46+,47+,48+,49-,50-,51+,52-,53-,54-,55+/m0/s1. The van der Waals surface area contributed by atoms with Gasteiger partial charge in [-0.25, -0.2) is 9.59 Å². The number of aliphatic hydroxyl groups excluding tert-OH is 6. The van der Waals surface area contributed by atoms with Crippen LogP contribution in [-0.4, -0.2) is 164 Å². The minimum Gasteiger partial charge on any atom is -0.458 e. The van der Waals surface area contributed by atoms with E-state index in [4.69, 9.17) is 42.6 Å². The number of aliphatic hydroxyl groups is 7. The third-order valence-corrected chi connectivity index (χ3v) is 16.8. The van der Waals surface area contributed by atoms with Crippen molar-refractivity contribution in [3.05, 3.63) is 48.6 Å². The molecule has 4 fully saturated rings. The fourth-order valence-electron chi connectivity index (χ4n) is 11.9. The summed E-state index contributed by atoms with van der Waals surface area (Å²) in [7, 11) is 1.52. The van der Waals surface area contributed by atoms with E-state index >= 15 is 0 Å². The van der Waals surface area contributed by atoms with Crippen molar-refractivity contribution in [1.29, 1.82) is 0 Å². The SMILES string of the molecule is CC[C@@H]1[C@@H](C)O[C@@](OC)([C@@H](C)[C@@H](O)[C@@H](C)[C@H]2OC(=O)/C=C/C=C/[C@H](C)[C@@H]([C@@H](C)[C@@H](O)[C@H](C)[C@]3(O)C[C@H](O[C@@H]4C[C@@H](O)[C@@H](O)[C@@H](C)O4)[C@@H](CC)[C@H](C)O3)OC(=O)/C=C/C=C/[C@@H]2C)C[C@H]1O[C@@H]1C[C@H](O)[C@H](O)[C@H](C)O1. The summed E-state index contributed by atoms with van der Waals surface area (Å²) in [6.45, 7) is 21.8. The van der Waals surface area contributed by atoms with Gasteiger partial charge in [-0.15, -0.1) is 0 Å². The van der Waals surface area contributed by atoms with E-state index in [1.165, 1.54) is 31.4 Å². The summed E-state index contributed by atoms with van der Waals surface area (Å²) in [6.07, 6.45) is 0.882. The molecule has 26 atom stereocenters. The molecule has 5 heterocycles. The van der Waals surface area contributed by atoms with Crippen LogP contribution in [0.1, 0.15) is 122 Å². The van der Waals surface area contributed by atoms with Gasteiger partial charge >= 0.3 is 11.9 Å². The average Bonchev–Trinajstić information content (AvgIpc) is 3.33. The fraction of sp³-hybridized carbons (Fsp3) is 0.818. The van der Waals surface area contributed by atoms with Crippen molar-refractivity contribution in [3.63, 3.8) is 0 Å². The quantitative estimate of drug-likeness (QED) is 0.109. The van der Waals surface area contributed by atoms with Crippen LogP contribution in [0.3, 0.4) is 0 Å². The first-order chi connectivity index (χ1) is 34.3. The monoisotopic (exact) mass is 1040 g/mol. The highest BCUT2D eigenvalue weighted by molar-refractivity contribution is 5.83. The largest absolute Gasteiger partial charge is 0.458 e. The van der Waals surface area contributed by atoms with Gasteiger partial charge in [0.25, 0.3) is 0 Å². The molecule has 0 radical (unpaired) electrons. The Kier molecular flexibility index (Phi) is 22.3. The van der Waals surface area contributed by atoms with Gasteiger partial charge in [0.15, 0.2) is 24.2 Å². The second-order valence-corrected chi connectivity index (χ2v) is 21.8. The molecule has 0 aromatic rings. The molecule has 0 saturated carbocycles. The van der Waals surface area contributed by atoms with Gasteiger partial charge in [0.2, 0.25) is 0 Å². The topological polar surface area (TPSA) is 259 Å². The molecule has 5 aliphatic heterocycles. The van der Waals surface area contributed by atoms with Crippen LogP contribution in [0.4, 0.5) is 0 Å². The summed E-state index contributed by atoms with van der Waals surface area (Å²) < 4.78 is 56.0. The summed E-state index contributed by atoms with van der Waals surface area (Å²) in [5, 5.41) is 77.8. The molecule has 418 valence electrons. The molecule has 0 unspecified atom stereocenters. The number of esters is 2. The van der Waals surface area contributed by atoms with E-state index in [-0.39, 0.29) is 43.6 Å². The number of ether oxygens (including phenoxy) is 9. The van der Waals surface area contributed by atoms with Crippen LogP contribution in [0.5, 0.6) is 0 Å². The van der Waals surface area contributed by atoms with Crippen molar-refractivity contribution in [2.24, 2.45) is 47.3 Å². The summed E-state index contributed by atoms with van der Waals surface area (Å²) in [5.74, 6) is -8.77. The summed E-state index contributed by atoms with van der Waals surface area (Å²) in [5.41, 5.74) is 0. The molecule has 73 heavy (non-hydrogen) atoms. The number of cyclic esters (lactones) is 2. The molecule has 5 aliphatic rings. The average molecular weight is 1040 g/mol. The van der Waals surface area contributed by atoms with Crippen LogP contribution in [-0.2, 0) is 52.2 Å². The number of carbonyl (C=O) groups excluding carboxylic acids is 2. The van der Waals surface area contributed by atoms with E-state index in [9.17, 15) is 45.3 Å². The molecule has 7 N–H and O–H groups in total. The highest BCUT2D eigenvalue weighted by Gasteiger charge is 2.55. The molecule has 5 rings (SSSR count). The summed E-state index contributed by atoms with van der Waals surface area (Å²) in [6, 6.07) is 0. The molecular weight excluding hydrogens is 949 g/mol. The Bertz CT molecular complexity index is 1850. The minimum absolute atomic E-state index is 0.0207. The Morgan fingerprint density at radius 1 is 0.616 bits per heavy atom. The first-order valence-electron chi connectivity index (χ1n) is 26.8. The molecule has 0 amide bonds. The maximum absolute atomic E-state index is 13.6. The third-order valence-electron chi connectivity index (χ3n) is 16.8. The van der Waals surface area contributed by atoms with Crippen molar-refractivity contribution < 1.29 is 88.0 Å². The number of rotatable bonds is 15. The van der Waals surface area contributed by atoms with E-state index in [2.05, 4.69) is 0 Å². The van der Waals surface area contributed by atoms with Gasteiger partial charge in [0.1, 0.15) is 24.4 Å². The minimum atomic E-state index is -1.87. The molecule has 0 aromatic heterocycles. The maximum atomic E-state index is 13.6. The van der Waals surface area contributed by atoms with Gasteiger partial charge in [-0.2, -0.15) is 0 Å². The van der Waals surface area contributed by atoms with E-state index in [1.807, 2.05) is 48.5 Å². The van der Waals surface area contributed by atoms with Crippen LogP contribution < -0.4 is 0 Å². The Morgan fingerprint density at radius 3 is 1.44 bits per heavy atom. The normalized spacial score (nSPS) is 45.6. The van der Waals surface area contributed by atoms with Gasteiger partial charge in [0.05, 0.1) is 61.0 Å². The van der Waals surface area contributed by atoms with Gasteiger partial charge in [0, 0.05) is 92.3 Å². The van der Waals surface area contributed by atoms with Gasteiger partial charge in [-0.1, -0.05) is 91.8 Å². The predicted octanol–water partition coefficient (Wildman–Crippen LogP) is 4.77. The van der Waals surface area contributed by atoms with Crippen molar-refractivity contribution in [2.75, 3.05) is 7.11 Å². The molecule has 0 aromatic carbocycles. The zero-order valence-electron chi connectivity index (χ0n) is 45.3. The molecular formula is C55H90O18. The first kappa shape index (κ1) is 61.2. The Hall–Kier alpha value is -2.66. The first-order valence-corrected chi connectivity index (χ1v) is 26.8. The van der Waals surface area contributed by atoms with Crippen LogP contribution in [0.25, 0.3) is 0 Å². The third kappa shape index (κ3) is 14.7. The molecule has 18 heteroatoms. The lowest BCUT2D eigenvalue weighted by molar-refractivity contribution is -0.352. The zero-order chi connectivity index (χ0) is 54.3. The number of carbonyl (C=O) groups is 2. The van der Waals surface area contributed by atoms with Crippen molar-refractivity contribution in [1.82, 2.24) is 0 Å². The van der Waals surface area contributed by atoms with Crippen LogP contribution in [0, 0.1) is 47.3 Å². The molecule has 4 saturated heterocycles. The van der Waals surface area contributed by atoms with Gasteiger partial charge < -0.3 is 78.4 Å². The van der Waals surface area contributed by atoms with E-state index < -0.39 is 151 Å². The lowest BCUT2D eigenvalue weighted by Gasteiger charge is -2.52. The van der Waals surface area contributed by atoms with E-state index in [0.29, 0.717) is 12.8 Å². The van der Waals surface area contributed by atoms with Crippen molar-refractivity contribution >= 4 is 11.9 Å². The molecule has 0 bridgehead atoms. The van der Waals surface area contributed by atoms with Gasteiger partial charge in [-0.3, -0.25) is 0 Å². The number of hydrogen-bond donors (Lipinski definition) is 7. The van der Waals surface area contributed by atoms with Crippen LogP contribution >= 0.6 is 0 Å². The van der Waals surface area contributed by atoms with E-state index in [0.717, 1.165) is 0 Å². The Morgan fingerprint density at radius 2 is 1.03 bits per heavy atom. The van der Waals surface area contributed by atoms with Crippen LogP contribution in [0.2, 0.25) is 0 Å². The summed E-state index contributed by atoms with van der Waals surface area (Å²) in [4.78, 5) is 27.1. The summed E-state index contributed by atoms with van der Waals surface area (Å²) >= 11 is 0. The highest BCUT2D eigenvalue weighted by Crippen LogP contribution is 2.46. The molecule has 0 spiro atoms. The highest BCUT2D eigenvalue weighted by atomic mass is 16.7. The second-order valence-electron chi connectivity index (χ2n) is 21.8. The predicted molar refractivity (Wildman–Crippen MR) is 268 cm³/mol. The lowest BCUT2D eigenvalue weighted by Crippen LogP contribution is -2.60. The smallest absolute Gasteiger partial charge is 0.331 e. The Balaban J connectivity index is 1.30. The second kappa shape index (κ2) is 26.6. The van der Waals surface area contributed by atoms with Gasteiger partial charge in [-0.05, 0) is 40.5 Å².